The first-order valence-corrected chi connectivity index (χ1v) is 8.15. The lowest BCUT2D eigenvalue weighted by Gasteiger charge is -2.09. The normalized spacial score (nSPS) is 10.7. The number of para-hydroxylation sites is 1. The fraction of sp³-hybridized carbons (Fsp3) is 0.444. The maximum atomic E-state index is 12.1. The van der Waals surface area contributed by atoms with Crippen LogP contribution in [0.5, 0.6) is 5.75 Å². The number of rotatable bonds is 8. The van der Waals surface area contributed by atoms with Gasteiger partial charge in [0.2, 0.25) is 0 Å². The molecular formula is C18H23NO4. The largest absolute Gasteiger partial charge is 0.490 e. The van der Waals surface area contributed by atoms with Crippen molar-refractivity contribution in [2.24, 2.45) is 0 Å². The van der Waals surface area contributed by atoms with Crippen molar-refractivity contribution < 1.29 is 13.9 Å². The summed E-state index contributed by atoms with van der Waals surface area (Å²) in [6, 6.07) is 6.95. The summed E-state index contributed by atoms with van der Waals surface area (Å²) in [5.74, 6) is 0.136. The lowest BCUT2D eigenvalue weighted by Crippen LogP contribution is -2.29. The molecule has 0 saturated carbocycles. The molecule has 0 radical (unpaired) electrons. The van der Waals surface area contributed by atoms with E-state index in [4.69, 9.17) is 9.15 Å². The average Bonchev–Trinajstić information content (AvgIpc) is 2.55. The average molecular weight is 317 g/mol. The van der Waals surface area contributed by atoms with Crippen molar-refractivity contribution in [1.29, 1.82) is 0 Å². The summed E-state index contributed by atoms with van der Waals surface area (Å²) in [5, 5.41) is 3.41. The van der Waals surface area contributed by atoms with E-state index in [0.717, 1.165) is 25.7 Å². The smallest absolute Gasteiger partial charge is 0.349 e. The summed E-state index contributed by atoms with van der Waals surface area (Å²) < 4.78 is 11.0. The molecule has 5 nitrogen and oxygen atoms in total. The van der Waals surface area contributed by atoms with Gasteiger partial charge in [-0.25, -0.2) is 4.79 Å². The van der Waals surface area contributed by atoms with Gasteiger partial charge in [-0.05, 0) is 25.0 Å². The van der Waals surface area contributed by atoms with Gasteiger partial charge in [-0.3, -0.25) is 4.79 Å². The van der Waals surface area contributed by atoms with E-state index in [1.165, 1.54) is 0 Å². The predicted octanol–water partition coefficient (Wildman–Crippen LogP) is 3.50. The molecule has 1 amide bonds. The van der Waals surface area contributed by atoms with Crippen LogP contribution in [0.15, 0.2) is 33.5 Å². The Bertz CT molecular complexity index is 721. The van der Waals surface area contributed by atoms with Crippen molar-refractivity contribution in [2.75, 3.05) is 13.2 Å². The highest BCUT2D eigenvalue weighted by Crippen LogP contribution is 2.25. The SMILES string of the molecule is CCCCNC(=O)c1cc2cccc(OCCCC)c2oc1=O. The number of unbranched alkanes of at least 4 members (excludes halogenated alkanes) is 2. The van der Waals surface area contributed by atoms with Crippen LogP contribution in [0.25, 0.3) is 11.0 Å². The van der Waals surface area contributed by atoms with Crippen LogP contribution in [-0.2, 0) is 0 Å². The van der Waals surface area contributed by atoms with Crippen LogP contribution in [0, 0.1) is 0 Å². The Balaban J connectivity index is 2.28. The molecule has 2 rings (SSSR count). The van der Waals surface area contributed by atoms with E-state index in [9.17, 15) is 9.59 Å². The lowest BCUT2D eigenvalue weighted by molar-refractivity contribution is 0.0949. The van der Waals surface area contributed by atoms with Gasteiger partial charge < -0.3 is 14.5 Å². The minimum atomic E-state index is -0.641. The van der Waals surface area contributed by atoms with Crippen LogP contribution >= 0.6 is 0 Å². The highest BCUT2D eigenvalue weighted by molar-refractivity contribution is 5.97. The molecule has 0 fully saturated rings. The molecule has 0 aliphatic carbocycles. The zero-order chi connectivity index (χ0) is 16.7. The molecule has 2 aromatic rings. The van der Waals surface area contributed by atoms with Gasteiger partial charge in [-0.1, -0.05) is 38.8 Å². The minimum absolute atomic E-state index is 0.0271. The van der Waals surface area contributed by atoms with Crippen LogP contribution in [0.1, 0.15) is 49.9 Å². The molecule has 0 aliphatic rings. The number of ether oxygens (including phenoxy) is 1. The Kier molecular flexibility index (Phi) is 6.20. The van der Waals surface area contributed by atoms with E-state index in [1.807, 2.05) is 13.0 Å². The van der Waals surface area contributed by atoms with Gasteiger partial charge in [0.05, 0.1) is 6.61 Å². The van der Waals surface area contributed by atoms with Crippen molar-refractivity contribution in [3.63, 3.8) is 0 Å². The number of benzene rings is 1. The molecule has 1 heterocycles. The van der Waals surface area contributed by atoms with Gasteiger partial charge in [0, 0.05) is 11.9 Å². The first kappa shape index (κ1) is 17.1. The van der Waals surface area contributed by atoms with Gasteiger partial charge in [0.25, 0.3) is 5.91 Å². The number of amides is 1. The Labute approximate surface area is 135 Å². The van der Waals surface area contributed by atoms with Crippen molar-refractivity contribution in [3.8, 4) is 5.75 Å². The molecule has 0 unspecified atom stereocenters. The molecule has 0 bridgehead atoms. The quantitative estimate of drug-likeness (QED) is 0.597. The molecular weight excluding hydrogens is 294 g/mol. The maximum absolute atomic E-state index is 12.1. The molecule has 0 saturated heterocycles. The van der Waals surface area contributed by atoms with E-state index in [1.54, 1.807) is 18.2 Å². The van der Waals surface area contributed by atoms with Crippen LogP contribution in [-0.4, -0.2) is 19.1 Å². The molecule has 1 N–H and O–H groups in total. The van der Waals surface area contributed by atoms with Crippen molar-refractivity contribution in [2.45, 2.75) is 39.5 Å². The van der Waals surface area contributed by atoms with Crippen LogP contribution < -0.4 is 15.7 Å². The summed E-state index contributed by atoms with van der Waals surface area (Å²) in [4.78, 5) is 24.2. The third kappa shape index (κ3) is 4.34. The summed E-state index contributed by atoms with van der Waals surface area (Å²) in [7, 11) is 0. The molecule has 0 aliphatic heterocycles. The van der Waals surface area contributed by atoms with Gasteiger partial charge in [0.15, 0.2) is 11.3 Å². The number of hydrogen-bond acceptors (Lipinski definition) is 4. The molecule has 1 aromatic carbocycles. The maximum Gasteiger partial charge on any atom is 0.349 e. The molecule has 0 atom stereocenters. The van der Waals surface area contributed by atoms with E-state index >= 15 is 0 Å². The number of hydrogen-bond donors (Lipinski definition) is 1. The molecule has 1 aromatic heterocycles. The van der Waals surface area contributed by atoms with Crippen molar-refractivity contribution in [3.05, 3.63) is 40.2 Å². The summed E-state index contributed by atoms with van der Waals surface area (Å²) in [6.45, 7) is 5.23. The van der Waals surface area contributed by atoms with Crippen LogP contribution in [0.3, 0.4) is 0 Å². The molecule has 23 heavy (non-hydrogen) atoms. The predicted molar refractivity (Wildman–Crippen MR) is 90.1 cm³/mol. The van der Waals surface area contributed by atoms with Gasteiger partial charge in [-0.15, -0.1) is 0 Å². The van der Waals surface area contributed by atoms with E-state index in [-0.39, 0.29) is 5.56 Å². The first-order chi connectivity index (χ1) is 11.2. The summed E-state index contributed by atoms with van der Waals surface area (Å²) in [5.41, 5.74) is -0.226. The third-order valence-corrected chi connectivity index (χ3v) is 3.54. The van der Waals surface area contributed by atoms with E-state index in [2.05, 4.69) is 12.2 Å². The minimum Gasteiger partial charge on any atom is -0.490 e. The van der Waals surface area contributed by atoms with Gasteiger partial charge in [-0.2, -0.15) is 0 Å². The van der Waals surface area contributed by atoms with E-state index < -0.39 is 11.5 Å². The van der Waals surface area contributed by atoms with Gasteiger partial charge >= 0.3 is 5.63 Å². The standard InChI is InChI=1S/C18H23NO4/c1-3-5-10-19-17(20)14-12-13-8-7-9-15(22-11-6-4-2)16(13)23-18(14)21/h7-9,12H,3-6,10-11H2,1-2H3,(H,19,20). The summed E-state index contributed by atoms with van der Waals surface area (Å²) >= 11 is 0. The number of carbonyl (C=O) groups excluding carboxylic acids is 1. The van der Waals surface area contributed by atoms with Crippen molar-refractivity contribution >= 4 is 16.9 Å². The van der Waals surface area contributed by atoms with Crippen LogP contribution in [0.4, 0.5) is 0 Å². The number of carbonyl (C=O) groups is 1. The Morgan fingerprint density at radius 2 is 2.00 bits per heavy atom. The lowest BCUT2D eigenvalue weighted by atomic mass is 10.1. The molecule has 0 spiro atoms. The fourth-order valence-corrected chi connectivity index (χ4v) is 2.19. The molecule has 5 heteroatoms. The zero-order valence-corrected chi connectivity index (χ0v) is 13.7. The number of nitrogens with one attached hydrogen (secondary N) is 1. The van der Waals surface area contributed by atoms with Crippen LogP contribution in [0.2, 0.25) is 0 Å². The van der Waals surface area contributed by atoms with Gasteiger partial charge in [0.1, 0.15) is 5.56 Å². The first-order valence-electron chi connectivity index (χ1n) is 8.15. The third-order valence-electron chi connectivity index (χ3n) is 3.54. The monoisotopic (exact) mass is 317 g/mol. The summed E-state index contributed by atoms with van der Waals surface area (Å²) in [6.07, 6.45) is 3.81. The fourth-order valence-electron chi connectivity index (χ4n) is 2.19. The highest BCUT2D eigenvalue weighted by Gasteiger charge is 2.15. The van der Waals surface area contributed by atoms with Crippen molar-refractivity contribution in [1.82, 2.24) is 5.32 Å². The molecule has 124 valence electrons. The Morgan fingerprint density at radius 1 is 1.22 bits per heavy atom. The highest BCUT2D eigenvalue weighted by atomic mass is 16.5. The second kappa shape index (κ2) is 8.36. The van der Waals surface area contributed by atoms with E-state index in [0.29, 0.717) is 29.9 Å². The second-order valence-corrected chi connectivity index (χ2v) is 5.43. The topological polar surface area (TPSA) is 68.5 Å². The Morgan fingerprint density at radius 3 is 2.74 bits per heavy atom. The zero-order valence-electron chi connectivity index (χ0n) is 13.7. The second-order valence-electron chi connectivity index (χ2n) is 5.43. The Hall–Kier alpha value is -2.30. The number of fused-ring (bicyclic) bond motifs is 1.